The van der Waals surface area contributed by atoms with Crippen LogP contribution >= 0.6 is 0 Å². The summed E-state index contributed by atoms with van der Waals surface area (Å²) in [5.74, 6) is -0.0219. The molecule has 0 aromatic heterocycles. The molecule has 0 aliphatic heterocycles. The molecule has 2 rings (SSSR count). The van der Waals surface area contributed by atoms with Crippen molar-refractivity contribution in [2.45, 2.75) is 57.4 Å². The highest BCUT2D eigenvalue weighted by atomic mass is 19.4. The van der Waals surface area contributed by atoms with Crippen LogP contribution in [-0.4, -0.2) is 29.9 Å². The van der Waals surface area contributed by atoms with Crippen molar-refractivity contribution in [1.82, 2.24) is 10.2 Å². The van der Waals surface area contributed by atoms with Gasteiger partial charge in [-0.25, -0.2) is 0 Å². The maximum Gasteiger partial charge on any atom is 0.416 e. The first-order chi connectivity index (χ1) is 10.8. The number of carbonyl (C=O) groups excluding carboxylic acids is 1. The van der Waals surface area contributed by atoms with E-state index >= 15 is 0 Å². The fourth-order valence-corrected chi connectivity index (χ4v) is 2.82. The molecule has 0 bridgehead atoms. The maximum absolute atomic E-state index is 12.5. The lowest BCUT2D eigenvalue weighted by molar-refractivity contribution is -0.137. The minimum Gasteiger partial charge on any atom is -0.352 e. The van der Waals surface area contributed by atoms with Gasteiger partial charge in [-0.05, 0) is 44.5 Å². The third-order valence-electron chi connectivity index (χ3n) is 4.46. The molecule has 3 nitrogen and oxygen atoms in total. The van der Waals surface area contributed by atoms with Crippen LogP contribution in [0.1, 0.15) is 43.7 Å². The quantitative estimate of drug-likeness (QED) is 0.896. The van der Waals surface area contributed by atoms with Crippen LogP contribution in [0.4, 0.5) is 13.2 Å². The highest BCUT2D eigenvalue weighted by molar-refractivity contribution is 5.81. The van der Waals surface area contributed by atoms with Crippen molar-refractivity contribution in [3.63, 3.8) is 0 Å². The van der Waals surface area contributed by atoms with Crippen molar-refractivity contribution in [1.29, 1.82) is 0 Å². The zero-order valence-electron chi connectivity index (χ0n) is 13.5. The largest absolute Gasteiger partial charge is 0.416 e. The third-order valence-corrected chi connectivity index (χ3v) is 4.46. The van der Waals surface area contributed by atoms with Crippen LogP contribution in [0.3, 0.4) is 0 Å². The van der Waals surface area contributed by atoms with E-state index in [1.807, 2.05) is 11.8 Å². The van der Waals surface area contributed by atoms with Crippen molar-refractivity contribution in [2.24, 2.45) is 0 Å². The minimum atomic E-state index is -4.32. The van der Waals surface area contributed by atoms with E-state index in [2.05, 4.69) is 5.32 Å². The third kappa shape index (κ3) is 4.96. The van der Waals surface area contributed by atoms with Gasteiger partial charge in [0.15, 0.2) is 0 Å². The van der Waals surface area contributed by atoms with Crippen LogP contribution < -0.4 is 5.32 Å². The molecular weight excluding hydrogens is 305 g/mol. The lowest BCUT2D eigenvalue weighted by Gasteiger charge is -2.25. The molecule has 0 heterocycles. The Morgan fingerprint density at radius 3 is 2.35 bits per heavy atom. The second-order valence-electron chi connectivity index (χ2n) is 6.28. The number of rotatable bonds is 5. The van der Waals surface area contributed by atoms with Gasteiger partial charge in [-0.3, -0.25) is 9.69 Å². The van der Waals surface area contributed by atoms with Crippen LogP contribution in [0.2, 0.25) is 0 Å². The molecule has 1 aliphatic rings. The van der Waals surface area contributed by atoms with Crippen LogP contribution in [0, 0.1) is 0 Å². The van der Waals surface area contributed by atoms with E-state index in [1.165, 1.54) is 12.1 Å². The van der Waals surface area contributed by atoms with Crippen molar-refractivity contribution < 1.29 is 18.0 Å². The first-order valence-corrected chi connectivity index (χ1v) is 7.94. The van der Waals surface area contributed by atoms with E-state index in [0.29, 0.717) is 6.54 Å². The number of alkyl halides is 3. The Kier molecular flexibility index (Phi) is 5.68. The monoisotopic (exact) mass is 328 g/mol. The van der Waals surface area contributed by atoms with Gasteiger partial charge in [-0.15, -0.1) is 0 Å². The molecule has 0 spiro atoms. The van der Waals surface area contributed by atoms with Crippen molar-refractivity contribution in [3.8, 4) is 0 Å². The van der Waals surface area contributed by atoms with Crippen LogP contribution in [0.15, 0.2) is 24.3 Å². The number of carbonyl (C=O) groups is 1. The topological polar surface area (TPSA) is 32.3 Å². The van der Waals surface area contributed by atoms with E-state index in [0.717, 1.165) is 43.4 Å². The Morgan fingerprint density at radius 2 is 1.83 bits per heavy atom. The Labute approximate surface area is 134 Å². The number of hydrogen-bond donors (Lipinski definition) is 1. The van der Waals surface area contributed by atoms with Crippen LogP contribution in [-0.2, 0) is 17.5 Å². The first-order valence-electron chi connectivity index (χ1n) is 7.94. The standard InChI is InChI=1S/C17H23F3N2O/c1-12(16(23)21-15-5-3-4-6-15)22(2)11-13-7-9-14(10-8-13)17(18,19)20/h7-10,12,15H,3-6,11H2,1-2H3,(H,21,23)/t12-/m1/s1. The molecule has 0 radical (unpaired) electrons. The molecule has 1 atom stereocenters. The lowest BCUT2D eigenvalue weighted by atomic mass is 10.1. The Morgan fingerprint density at radius 1 is 1.26 bits per heavy atom. The fourth-order valence-electron chi connectivity index (χ4n) is 2.82. The molecule has 0 unspecified atom stereocenters. The van der Waals surface area contributed by atoms with E-state index in [4.69, 9.17) is 0 Å². The zero-order chi connectivity index (χ0) is 17.0. The van der Waals surface area contributed by atoms with Crippen LogP contribution in [0.5, 0.6) is 0 Å². The highest BCUT2D eigenvalue weighted by Crippen LogP contribution is 2.29. The number of nitrogens with one attached hydrogen (secondary N) is 1. The summed E-state index contributed by atoms with van der Waals surface area (Å²) >= 11 is 0. The average Bonchev–Trinajstić information content (AvgIpc) is 2.98. The summed E-state index contributed by atoms with van der Waals surface area (Å²) in [5, 5.41) is 3.04. The Bertz CT molecular complexity index is 522. The zero-order valence-corrected chi connectivity index (χ0v) is 13.5. The summed E-state index contributed by atoms with van der Waals surface area (Å²) in [5.41, 5.74) is 0.0944. The summed E-state index contributed by atoms with van der Waals surface area (Å²) in [6.45, 7) is 2.24. The van der Waals surface area contributed by atoms with Crippen LogP contribution in [0.25, 0.3) is 0 Å². The SMILES string of the molecule is C[C@H](C(=O)NC1CCCC1)N(C)Cc1ccc(C(F)(F)F)cc1. The molecule has 6 heteroatoms. The second-order valence-corrected chi connectivity index (χ2v) is 6.28. The van der Waals surface area contributed by atoms with E-state index in [-0.39, 0.29) is 18.0 Å². The fraction of sp³-hybridized carbons (Fsp3) is 0.588. The molecule has 128 valence electrons. The Balaban J connectivity index is 1.89. The van der Waals surface area contributed by atoms with E-state index in [1.54, 1.807) is 7.05 Å². The summed E-state index contributed by atoms with van der Waals surface area (Å²) in [4.78, 5) is 14.1. The van der Waals surface area contributed by atoms with Gasteiger partial charge in [-0.1, -0.05) is 25.0 Å². The molecular formula is C17H23F3N2O. The molecule has 0 saturated heterocycles. The van der Waals surface area contributed by atoms with Gasteiger partial charge in [0, 0.05) is 12.6 Å². The van der Waals surface area contributed by atoms with Crippen molar-refractivity contribution >= 4 is 5.91 Å². The molecule has 1 amide bonds. The minimum absolute atomic E-state index is 0.0219. The predicted octanol–water partition coefficient (Wildman–Crippen LogP) is 3.58. The molecule has 23 heavy (non-hydrogen) atoms. The number of likely N-dealkylation sites (N-methyl/N-ethyl adjacent to an activating group) is 1. The van der Waals surface area contributed by atoms with Gasteiger partial charge in [0.1, 0.15) is 0 Å². The molecule has 1 aromatic carbocycles. The Hall–Kier alpha value is -1.56. The molecule has 1 aliphatic carbocycles. The van der Waals surface area contributed by atoms with E-state index < -0.39 is 11.7 Å². The van der Waals surface area contributed by atoms with Crippen molar-refractivity contribution in [3.05, 3.63) is 35.4 Å². The van der Waals surface area contributed by atoms with Gasteiger partial charge in [-0.2, -0.15) is 13.2 Å². The van der Waals surface area contributed by atoms with Gasteiger partial charge < -0.3 is 5.32 Å². The van der Waals surface area contributed by atoms with Crippen molar-refractivity contribution in [2.75, 3.05) is 7.05 Å². The smallest absolute Gasteiger partial charge is 0.352 e. The molecule has 1 aromatic rings. The van der Waals surface area contributed by atoms with E-state index in [9.17, 15) is 18.0 Å². The number of benzene rings is 1. The normalized spacial score (nSPS) is 17.5. The molecule has 1 fully saturated rings. The number of nitrogens with zero attached hydrogens (tertiary/aromatic N) is 1. The number of amides is 1. The molecule has 1 N–H and O–H groups in total. The van der Waals surface area contributed by atoms with Gasteiger partial charge in [0.2, 0.25) is 5.91 Å². The maximum atomic E-state index is 12.5. The highest BCUT2D eigenvalue weighted by Gasteiger charge is 2.30. The lowest BCUT2D eigenvalue weighted by Crippen LogP contribution is -2.46. The summed E-state index contributed by atoms with van der Waals surface area (Å²) < 4.78 is 37.6. The second kappa shape index (κ2) is 7.34. The predicted molar refractivity (Wildman–Crippen MR) is 82.8 cm³/mol. The summed E-state index contributed by atoms with van der Waals surface area (Å²) in [6, 6.07) is 5.02. The van der Waals surface area contributed by atoms with Gasteiger partial charge in [0.25, 0.3) is 0 Å². The molecule has 1 saturated carbocycles. The first kappa shape index (κ1) is 17.8. The summed E-state index contributed by atoms with van der Waals surface area (Å²) in [7, 11) is 1.80. The van der Waals surface area contributed by atoms with Gasteiger partial charge >= 0.3 is 6.18 Å². The average molecular weight is 328 g/mol. The summed E-state index contributed by atoms with van der Waals surface area (Å²) in [6.07, 6.45) is 0.0441. The van der Waals surface area contributed by atoms with Gasteiger partial charge in [0.05, 0.1) is 11.6 Å². The number of hydrogen-bond acceptors (Lipinski definition) is 2. The number of halogens is 3.